The Bertz CT molecular complexity index is 362. The second kappa shape index (κ2) is 5.39. The van der Waals surface area contributed by atoms with E-state index in [9.17, 15) is 9.59 Å². The molecule has 0 aliphatic carbocycles. The number of carboxylic acid groups (broad SMARTS) is 1. The zero-order valence-corrected chi connectivity index (χ0v) is 11.9. The number of amides is 2. The van der Waals surface area contributed by atoms with Crippen LogP contribution in [0.2, 0.25) is 0 Å². The van der Waals surface area contributed by atoms with Gasteiger partial charge in [-0.1, -0.05) is 20.3 Å². The highest BCUT2D eigenvalue weighted by molar-refractivity contribution is 5.83. The molecule has 5 nitrogen and oxygen atoms in total. The van der Waals surface area contributed by atoms with Crippen molar-refractivity contribution < 1.29 is 14.7 Å². The lowest BCUT2D eigenvalue weighted by molar-refractivity contribution is -0.141. The number of aliphatic carboxylic acids is 1. The Morgan fingerprint density at radius 1 is 1.26 bits per heavy atom. The monoisotopic (exact) mass is 268 g/mol. The Hall–Kier alpha value is -1.26. The second-order valence-corrected chi connectivity index (χ2v) is 6.12. The number of urea groups is 1. The zero-order valence-electron chi connectivity index (χ0n) is 11.9. The summed E-state index contributed by atoms with van der Waals surface area (Å²) in [7, 11) is 0. The van der Waals surface area contributed by atoms with E-state index in [0.29, 0.717) is 18.4 Å². The third-order valence-corrected chi connectivity index (χ3v) is 4.88. The molecule has 0 saturated carbocycles. The van der Waals surface area contributed by atoms with Gasteiger partial charge in [0.05, 0.1) is 0 Å². The van der Waals surface area contributed by atoms with Gasteiger partial charge >= 0.3 is 12.0 Å². The summed E-state index contributed by atoms with van der Waals surface area (Å²) >= 11 is 0. The fourth-order valence-electron chi connectivity index (χ4n) is 3.03. The van der Waals surface area contributed by atoms with Gasteiger partial charge < -0.3 is 14.9 Å². The molecule has 0 aromatic heterocycles. The number of hydrogen-bond donors (Lipinski definition) is 1. The molecule has 0 unspecified atom stereocenters. The molecule has 0 radical (unpaired) electrons. The van der Waals surface area contributed by atoms with Gasteiger partial charge in [-0.15, -0.1) is 0 Å². The highest BCUT2D eigenvalue weighted by Crippen LogP contribution is 2.34. The molecule has 5 heteroatoms. The Labute approximate surface area is 114 Å². The maximum Gasteiger partial charge on any atom is 0.326 e. The van der Waals surface area contributed by atoms with E-state index in [1.54, 1.807) is 0 Å². The standard InChI is InChI=1S/C14H24N2O3/c1-3-14(2)6-9-15(10-7-14)13(19)16-8-4-5-11(16)12(17)18/h11H,3-10H2,1-2H3,(H,17,18)/t11-/m1/s1. The van der Waals surface area contributed by atoms with E-state index in [1.165, 1.54) is 4.90 Å². The summed E-state index contributed by atoms with van der Waals surface area (Å²) in [4.78, 5) is 26.9. The predicted molar refractivity (Wildman–Crippen MR) is 72.0 cm³/mol. The van der Waals surface area contributed by atoms with Gasteiger partial charge in [0.25, 0.3) is 0 Å². The van der Waals surface area contributed by atoms with Crippen molar-refractivity contribution in [2.24, 2.45) is 5.41 Å². The van der Waals surface area contributed by atoms with Gasteiger partial charge in [-0.2, -0.15) is 0 Å². The molecule has 1 N–H and O–H groups in total. The fraction of sp³-hybridized carbons (Fsp3) is 0.857. The molecular weight excluding hydrogens is 244 g/mol. The van der Waals surface area contributed by atoms with Gasteiger partial charge in [0, 0.05) is 19.6 Å². The molecule has 2 fully saturated rings. The van der Waals surface area contributed by atoms with E-state index in [2.05, 4.69) is 13.8 Å². The van der Waals surface area contributed by atoms with Crippen LogP contribution in [0.1, 0.15) is 46.0 Å². The molecule has 0 spiro atoms. The minimum Gasteiger partial charge on any atom is -0.480 e. The van der Waals surface area contributed by atoms with Crippen molar-refractivity contribution in [2.45, 2.75) is 52.0 Å². The summed E-state index contributed by atoms with van der Waals surface area (Å²) in [5.74, 6) is -0.874. The highest BCUT2D eigenvalue weighted by Gasteiger charge is 2.38. The lowest BCUT2D eigenvalue weighted by Gasteiger charge is -2.40. The van der Waals surface area contributed by atoms with Gasteiger partial charge in [0.15, 0.2) is 0 Å². The normalized spacial score (nSPS) is 26.5. The largest absolute Gasteiger partial charge is 0.480 e. The van der Waals surface area contributed by atoms with Crippen LogP contribution in [0.4, 0.5) is 4.79 Å². The van der Waals surface area contributed by atoms with E-state index in [-0.39, 0.29) is 6.03 Å². The molecule has 108 valence electrons. The number of carboxylic acids is 1. The van der Waals surface area contributed by atoms with Crippen LogP contribution in [0, 0.1) is 5.41 Å². The van der Waals surface area contributed by atoms with E-state index >= 15 is 0 Å². The summed E-state index contributed by atoms with van der Waals surface area (Å²) in [5.41, 5.74) is 0.341. The average Bonchev–Trinajstić information content (AvgIpc) is 2.88. The summed E-state index contributed by atoms with van der Waals surface area (Å²) in [6.45, 7) is 6.55. The van der Waals surface area contributed by atoms with Gasteiger partial charge in [-0.3, -0.25) is 0 Å². The van der Waals surface area contributed by atoms with Crippen LogP contribution in [0.25, 0.3) is 0 Å². The Kier molecular flexibility index (Phi) is 4.02. The molecule has 2 saturated heterocycles. The highest BCUT2D eigenvalue weighted by atomic mass is 16.4. The Balaban J connectivity index is 1.96. The number of likely N-dealkylation sites (tertiary alicyclic amines) is 2. The third-order valence-electron chi connectivity index (χ3n) is 4.88. The van der Waals surface area contributed by atoms with Gasteiger partial charge in [0.1, 0.15) is 6.04 Å². The van der Waals surface area contributed by atoms with Crippen LogP contribution >= 0.6 is 0 Å². The Morgan fingerprint density at radius 3 is 2.42 bits per heavy atom. The molecule has 2 heterocycles. The predicted octanol–water partition coefficient (Wildman–Crippen LogP) is 2.17. The van der Waals surface area contributed by atoms with Crippen molar-refractivity contribution in [1.29, 1.82) is 0 Å². The molecular formula is C14H24N2O3. The quantitative estimate of drug-likeness (QED) is 0.835. The molecule has 19 heavy (non-hydrogen) atoms. The Morgan fingerprint density at radius 2 is 1.89 bits per heavy atom. The van der Waals surface area contributed by atoms with E-state index in [4.69, 9.17) is 5.11 Å². The first-order valence-electron chi connectivity index (χ1n) is 7.25. The summed E-state index contributed by atoms with van der Waals surface area (Å²) in [6, 6.07) is -0.699. The van der Waals surface area contributed by atoms with Gasteiger partial charge in [0.2, 0.25) is 0 Å². The number of carbonyl (C=O) groups is 2. The van der Waals surface area contributed by atoms with Crippen molar-refractivity contribution in [3.05, 3.63) is 0 Å². The smallest absolute Gasteiger partial charge is 0.326 e. The molecule has 2 aliphatic rings. The first-order chi connectivity index (χ1) is 8.97. The summed E-state index contributed by atoms with van der Waals surface area (Å²) in [5, 5.41) is 9.14. The van der Waals surface area contributed by atoms with E-state index < -0.39 is 12.0 Å². The van der Waals surface area contributed by atoms with Crippen LogP contribution in [-0.2, 0) is 4.79 Å². The zero-order chi connectivity index (χ0) is 14.0. The summed E-state index contributed by atoms with van der Waals surface area (Å²) in [6.07, 6.45) is 4.54. The van der Waals surface area contributed by atoms with E-state index in [0.717, 1.165) is 38.8 Å². The topological polar surface area (TPSA) is 60.9 Å². The lowest BCUT2D eigenvalue weighted by Crippen LogP contribution is -2.51. The molecule has 1 atom stereocenters. The van der Waals surface area contributed by atoms with E-state index in [1.807, 2.05) is 4.90 Å². The van der Waals surface area contributed by atoms with Crippen molar-refractivity contribution >= 4 is 12.0 Å². The molecule has 0 bridgehead atoms. The molecule has 0 aromatic rings. The van der Waals surface area contributed by atoms with Crippen molar-refractivity contribution in [2.75, 3.05) is 19.6 Å². The number of nitrogens with zero attached hydrogens (tertiary/aromatic N) is 2. The maximum atomic E-state index is 12.4. The van der Waals surface area contributed by atoms with Crippen LogP contribution in [0.3, 0.4) is 0 Å². The lowest BCUT2D eigenvalue weighted by atomic mass is 9.78. The maximum absolute atomic E-state index is 12.4. The molecule has 2 aliphatic heterocycles. The van der Waals surface area contributed by atoms with Crippen LogP contribution in [-0.4, -0.2) is 52.6 Å². The first-order valence-corrected chi connectivity index (χ1v) is 7.25. The van der Waals surface area contributed by atoms with Crippen molar-refractivity contribution in [3.63, 3.8) is 0 Å². The van der Waals surface area contributed by atoms with Crippen LogP contribution in [0.5, 0.6) is 0 Å². The minimum atomic E-state index is -0.874. The van der Waals surface area contributed by atoms with Crippen LogP contribution < -0.4 is 0 Å². The van der Waals surface area contributed by atoms with Crippen LogP contribution in [0.15, 0.2) is 0 Å². The first kappa shape index (κ1) is 14.2. The van der Waals surface area contributed by atoms with Crippen molar-refractivity contribution in [3.8, 4) is 0 Å². The molecule has 0 aromatic carbocycles. The van der Waals surface area contributed by atoms with Crippen molar-refractivity contribution in [1.82, 2.24) is 9.80 Å². The number of carbonyl (C=O) groups excluding carboxylic acids is 1. The molecule has 2 amide bonds. The van der Waals surface area contributed by atoms with Gasteiger partial charge in [-0.05, 0) is 31.1 Å². The fourth-order valence-corrected chi connectivity index (χ4v) is 3.03. The number of hydrogen-bond acceptors (Lipinski definition) is 2. The third kappa shape index (κ3) is 2.85. The summed E-state index contributed by atoms with van der Waals surface area (Å²) < 4.78 is 0. The number of rotatable bonds is 2. The second-order valence-electron chi connectivity index (χ2n) is 6.12. The van der Waals surface area contributed by atoms with Gasteiger partial charge in [-0.25, -0.2) is 9.59 Å². The SMILES string of the molecule is CCC1(C)CCN(C(=O)N2CCC[C@@H]2C(=O)O)CC1. The average molecular weight is 268 g/mol. The molecule has 2 rings (SSSR count). The minimum absolute atomic E-state index is 0.0805. The number of piperidine rings is 1.